The fourth-order valence-electron chi connectivity index (χ4n) is 3.30. The molecule has 2 aliphatic rings. The molecule has 2 aliphatic heterocycles. The van der Waals surface area contributed by atoms with E-state index in [2.05, 4.69) is 0 Å². The lowest BCUT2D eigenvalue weighted by Crippen LogP contribution is -2.48. The van der Waals surface area contributed by atoms with Crippen LogP contribution in [0.5, 0.6) is 0 Å². The van der Waals surface area contributed by atoms with Crippen molar-refractivity contribution in [1.29, 1.82) is 0 Å². The second-order valence-corrected chi connectivity index (χ2v) is 5.17. The number of methoxy groups -OCH3 is 2. The Morgan fingerprint density at radius 1 is 1.20 bits per heavy atom. The van der Waals surface area contributed by atoms with Gasteiger partial charge in [0.05, 0.1) is 26.4 Å². The fraction of sp³-hybridized carbons (Fsp3) is 0.467. The number of benzene rings is 1. The molecule has 20 heavy (non-hydrogen) atoms. The van der Waals surface area contributed by atoms with Gasteiger partial charge in [0, 0.05) is 12.8 Å². The summed E-state index contributed by atoms with van der Waals surface area (Å²) in [5.41, 5.74) is 0.801. The van der Waals surface area contributed by atoms with Gasteiger partial charge in [0.1, 0.15) is 0 Å². The Morgan fingerprint density at radius 2 is 1.85 bits per heavy atom. The van der Waals surface area contributed by atoms with Gasteiger partial charge in [0.25, 0.3) is 0 Å². The zero-order valence-corrected chi connectivity index (χ0v) is 11.4. The van der Waals surface area contributed by atoms with E-state index in [-0.39, 0.29) is 12.5 Å². The SMILES string of the molecule is COC(=O)C1(C(=O)OC)CC2OC1Cc1ccccc12. The van der Waals surface area contributed by atoms with Gasteiger partial charge in [-0.25, -0.2) is 0 Å². The quantitative estimate of drug-likeness (QED) is 0.603. The highest BCUT2D eigenvalue weighted by molar-refractivity contribution is 6.01. The Kier molecular flexibility index (Phi) is 3.01. The van der Waals surface area contributed by atoms with Crippen molar-refractivity contribution in [1.82, 2.24) is 0 Å². The van der Waals surface area contributed by atoms with Gasteiger partial charge in [-0.2, -0.15) is 0 Å². The van der Waals surface area contributed by atoms with E-state index >= 15 is 0 Å². The van der Waals surface area contributed by atoms with Crippen LogP contribution >= 0.6 is 0 Å². The lowest BCUT2D eigenvalue weighted by molar-refractivity contribution is -0.173. The lowest BCUT2D eigenvalue weighted by Gasteiger charge is -2.29. The standard InChI is InChI=1S/C15H16O5/c1-18-13(16)15(14(17)19-2)8-11-10-6-4-3-5-9(10)7-12(15)20-11/h3-6,11-12H,7-8H2,1-2H3. The Bertz CT molecular complexity index is 549. The van der Waals surface area contributed by atoms with E-state index in [9.17, 15) is 9.59 Å². The van der Waals surface area contributed by atoms with Gasteiger partial charge in [-0.1, -0.05) is 24.3 Å². The minimum absolute atomic E-state index is 0.261. The van der Waals surface area contributed by atoms with Crippen LogP contribution in [0.3, 0.4) is 0 Å². The Balaban J connectivity index is 2.06. The summed E-state index contributed by atoms with van der Waals surface area (Å²) in [5, 5.41) is 0. The Hall–Kier alpha value is -1.88. The van der Waals surface area contributed by atoms with Crippen LogP contribution in [0.4, 0.5) is 0 Å². The molecule has 1 fully saturated rings. The van der Waals surface area contributed by atoms with Crippen molar-refractivity contribution in [2.75, 3.05) is 14.2 Å². The van der Waals surface area contributed by atoms with Gasteiger partial charge in [-0.15, -0.1) is 0 Å². The average Bonchev–Trinajstić information content (AvgIpc) is 2.80. The van der Waals surface area contributed by atoms with Gasteiger partial charge in [0.2, 0.25) is 0 Å². The molecule has 3 rings (SSSR count). The van der Waals surface area contributed by atoms with Crippen molar-refractivity contribution in [3.8, 4) is 0 Å². The van der Waals surface area contributed by atoms with Crippen LogP contribution in [0, 0.1) is 5.41 Å². The number of fused-ring (bicyclic) bond motifs is 4. The first-order chi connectivity index (χ1) is 9.63. The molecule has 2 heterocycles. The summed E-state index contributed by atoms with van der Waals surface area (Å²) in [6.07, 6.45) is -0.00398. The van der Waals surface area contributed by atoms with Crippen molar-refractivity contribution in [2.24, 2.45) is 5.41 Å². The van der Waals surface area contributed by atoms with E-state index in [1.54, 1.807) is 0 Å². The molecule has 106 valence electrons. The molecule has 5 heteroatoms. The first-order valence-corrected chi connectivity index (χ1v) is 6.53. The summed E-state index contributed by atoms with van der Waals surface area (Å²) in [7, 11) is 2.56. The van der Waals surface area contributed by atoms with E-state index in [0.717, 1.165) is 11.1 Å². The van der Waals surface area contributed by atoms with Crippen LogP contribution in [0.2, 0.25) is 0 Å². The van der Waals surface area contributed by atoms with Crippen LogP contribution in [0.25, 0.3) is 0 Å². The summed E-state index contributed by atoms with van der Waals surface area (Å²) in [5.74, 6) is -1.16. The molecule has 1 aromatic carbocycles. The average molecular weight is 276 g/mol. The highest BCUT2D eigenvalue weighted by Crippen LogP contribution is 2.52. The van der Waals surface area contributed by atoms with Crippen LogP contribution in [0.15, 0.2) is 24.3 Å². The number of esters is 2. The second kappa shape index (κ2) is 4.59. The number of carbonyl (C=O) groups excluding carboxylic acids is 2. The first-order valence-electron chi connectivity index (χ1n) is 6.53. The van der Waals surface area contributed by atoms with E-state index in [4.69, 9.17) is 14.2 Å². The normalized spacial score (nSPS) is 25.7. The number of hydrogen-bond donors (Lipinski definition) is 0. The van der Waals surface area contributed by atoms with Crippen molar-refractivity contribution in [3.05, 3.63) is 35.4 Å². The van der Waals surface area contributed by atoms with Gasteiger partial charge < -0.3 is 14.2 Å². The van der Waals surface area contributed by atoms with Gasteiger partial charge in [-0.05, 0) is 11.1 Å². The predicted octanol–water partition coefficient (Wildman–Crippen LogP) is 1.41. The van der Waals surface area contributed by atoms with E-state index < -0.39 is 23.5 Å². The predicted molar refractivity (Wildman–Crippen MR) is 68.8 cm³/mol. The third kappa shape index (κ3) is 1.59. The highest BCUT2D eigenvalue weighted by atomic mass is 16.6. The van der Waals surface area contributed by atoms with Crippen LogP contribution < -0.4 is 0 Å². The molecule has 0 aliphatic carbocycles. The van der Waals surface area contributed by atoms with E-state index in [0.29, 0.717) is 6.42 Å². The largest absolute Gasteiger partial charge is 0.468 e. The zero-order valence-electron chi connectivity index (χ0n) is 11.4. The molecular formula is C15H16O5. The molecule has 1 aromatic rings. The Morgan fingerprint density at radius 3 is 2.50 bits per heavy atom. The molecule has 0 aromatic heterocycles. The number of ether oxygens (including phenoxy) is 3. The lowest BCUT2D eigenvalue weighted by atomic mass is 9.79. The highest BCUT2D eigenvalue weighted by Gasteiger charge is 2.63. The summed E-state index contributed by atoms with van der Waals surface area (Å²) in [4.78, 5) is 24.5. The monoisotopic (exact) mass is 276 g/mol. The van der Waals surface area contributed by atoms with Gasteiger partial charge in [0.15, 0.2) is 5.41 Å². The maximum absolute atomic E-state index is 12.2. The van der Waals surface area contributed by atoms with Crippen LogP contribution in [-0.2, 0) is 30.2 Å². The van der Waals surface area contributed by atoms with Crippen LogP contribution in [-0.4, -0.2) is 32.3 Å². The van der Waals surface area contributed by atoms with Crippen molar-refractivity contribution in [2.45, 2.75) is 25.0 Å². The summed E-state index contributed by atoms with van der Waals surface area (Å²) in [6, 6.07) is 7.85. The number of rotatable bonds is 2. The maximum atomic E-state index is 12.2. The molecule has 5 nitrogen and oxygen atoms in total. The third-order valence-corrected chi connectivity index (χ3v) is 4.29. The molecule has 0 saturated carbocycles. The summed E-state index contributed by atoms with van der Waals surface area (Å²) < 4.78 is 15.6. The van der Waals surface area contributed by atoms with Crippen molar-refractivity contribution < 1.29 is 23.8 Å². The number of carbonyl (C=O) groups is 2. The topological polar surface area (TPSA) is 61.8 Å². The molecule has 2 bridgehead atoms. The molecule has 0 spiro atoms. The molecular weight excluding hydrogens is 260 g/mol. The minimum atomic E-state index is -1.35. The van der Waals surface area contributed by atoms with E-state index in [1.807, 2.05) is 24.3 Å². The van der Waals surface area contributed by atoms with E-state index in [1.165, 1.54) is 14.2 Å². The zero-order chi connectivity index (χ0) is 14.3. The fourth-order valence-corrected chi connectivity index (χ4v) is 3.30. The molecule has 2 unspecified atom stereocenters. The molecule has 0 radical (unpaired) electrons. The summed E-state index contributed by atoms with van der Waals surface area (Å²) in [6.45, 7) is 0. The molecule has 0 amide bonds. The molecule has 1 saturated heterocycles. The Labute approximate surface area is 116 Å². The molecule has 2 atom stereocenters. The minimum Gasteiger partial charge on any atom is -0.468 e. The second-order valence-electron chi connectivity index (χ2n) is 5.17. The van der Waals surface area contributed by atoms with Crippen LogP contribution in [0.1, 0.15) is 23.7 Å². The van der Waals surface area contributed by atoms with Crippen molar-refractivity contribution >= 4 is 11.9 Å². The summed E-state index contributed by atoms with van der Waals surface area (Å²) >= 11 is 0. The molecule has 0 N–H and O–H groups in total. The number of hydrogen-bond acceptors (Lipinski definition) is 5. The van der Waals surface area contributed by atoms with Gasteiger partial charge >= 0.3 is 11.9 Å². The first kappa shape index (κ1) is 13.1. The third-order valence-electron chi connectivity index (χ3n) is 4.29. The maximum Gasteiger partial charge on any atom is 0.326 e. The smallest absolute Gasteiger partial charge is 0.326 e. The van der Waals surface area contributed by atoms with Crippen molar-refractivity contribution in [3.63, 3.8) is 0 Å². The van der Waals surface area contributed by atoms with Gasteiger partial charge in [-0.3, -0.25) is 9.59 Å².